The number of methoxy groups -OCH3 is 1. The Morgan fingerprint density at radius 3 is 2.54 bits per heavy atom. The molecule has 6 nitrogen and oxygen atoms in total. The van der Waals surface area contributed by atoms with Gasteiger partial charge in [0.15, 0.2) is 6.54 Å². The van der Waals surface area contributed by atoms with Crippen LogP contribution in [0.1, 0.15) is 15.9 Å². The summed E-state index contributed by atoms with van der Waals surface area (Å²) in [5.74, 6) is 0.272. The number of benzene rings is 2. The predicted octanol–water partition coefficient (Wildman–Crippen LogP) is 1.31. The number of carbonyl (C=O) groups is 2. The first kappa shape index (κ1) is 19.5. The lowest BCUT2D eigenvalue weighted by atomic mass is 10.1. The molecular weight excluding hydrogens is 332 g/mol. The van der Waals surface area contributed by atoms with Crippen molar-refractivity contribution in [2.75, 3.05) is 39.2 Å². The molecule has 0 heterocycles. The normalized spacial score (nSPS) is 11.5. The van der Waals surface area contributed by atoms with E-state index in [2.05, 4.69) is 5.32 Å². The van der Waals surface area contributed by atoms with Crippen molar-refractivity contribution in [3.8, 4) is 5.75 Å². The van der Waals surface area contributed by atoms with Crippen LogP contribution in [0.25, 0.3) is 0 Å². The van der Waals surface area contributed by atoms with Gasteiger partial charge in [0.25, 0.3) is 5.91 Å². The Labute approximate surface area is 153 Å². The second-order valence-electron chi connectivity index (χ2n) is 6.11. The van der Waals surface area contributed by atoms with Crippen LogP contribution in [0.5, 0.6) is 5.75 Å². The van der Waals surface area contributed by atoms with Crippen LogP contribution >= 0.6 is 0 Å². The average Bonchev–Trinajstić information content (AvgIpc) is 2.63. The van der Waals surface area contributed by atoms with Crippen LogP contribution < -0.4 is 15.0 Å². The van der Waals surface area contributed by atoms with Crippen LogP contribution in [0.3, 0.4) is 0 Å². The SMILES string of the molecule is COC(=O)c1ccc(C)c(NC(=O)C[NH+](C)CCOc2ccccc2)c1. The summed E-state index contributed by atoms with van der Waals surface area (Å²) >= 11 is 0. The summed E-state index contributed by atoms with van der Waals surface area (Å²) in [6.07, 6.45) is 0. The van der Waals surface area contributed by atoms with E-state index in [0.717, 1.165) is 16.2 Å². The fourth-order valence-corrected chi connectivity index (χ4v) is 2.42. The number of quaternary nitrogens is 1. The zero-order valence-corrected chi connectivity index (χ0v) is 15.4. The van der Waals surface area contributed by atoms with Crippen molar-refractivity contribution in [3.63, 3.8) is 0 Å². The smallest absolute Gasteiger partial charge is 0.337 e. The predicted molar refractivity (Wildman–Crippen MR) is 99.7 cm³/mol. The van der Waals surface area contributed by atoms with Crippen LogP contribution in [0.2, 0.25) is 0 Å². The quantitative estimate of drug-likeness (QED) is 0.699. The number of hydrogen-bond acceptors (Lipinski definition) is 4. The van der Waals surface area contributed by atoms with Crippen molar-refractivity contribution >= 4 is 17.6 Å². The minimum atomic E-state index is -0.429. The molecule has 0 fully saturated rings. The number of para-hydroxylation sites is 1. The number of aryl methyl sites for hydroxylation is 1. The first-order valence-corrected chi connectivity index (χ1v) is 8.47. The number of anilines is 1. The highest BCUT2D eigenvalue weighted by Crippen LogP contribution is 2.17. The van der Waals surface area contributed by atoms with Gasteiger partial charge in [0.1, 0.15) is 18.9 Å². The lowest BCUT2D eigenvalue weighted by Crippen LogP contribution is -3.10. The summed E-state index contributed by atoms with van der Waals surface area (Å²) in [5, 5.41) is 2.86. The maximum absolute atomic E-state index is 12.3. The molecule has 0 bridgehead atoms. The van der Waals surface area contributed by atoms with E-state index in [1.165, 1.54) is 7.11 Å². The Morgan fingerprint density at radius 1 is 1.12 bits per heavy atom. The van der Waals surface area contributed by atoms with E-state index < -0.39 is 5.97 Å². The molecule has 0 radical (unpaired) electrons. The Morgan fingerprint density at radius 2 is 1.85 bits per heavy atom. The first-order valence-electron chi connectivity index (χ1n) is 8.47. The van der Waals surface area contributed by atoms with E-state index in [4.69, 9.17) is 9.47 Å². The van der Waals surface area contributed by atoms with Crippen LogP contribution in [0.15, 0.2) is 48.5 Å². The van der Waals surface area contributed by atoms with Crippen LogP contribution in [0, 0.1) is 6.92 Å². The highest BCUT2D eigenvalue weighted by Gasteiger charge is 2.13. The number of amides is 1. The van der Waals surface area contributed by atoms with Crippen LogP contribution in [0.4, 0.5) is 5.69 Å². The number of likely N-dealkylation sites (N-methyl/N-ethyl adjacent to an activating group) is 1. The fraction of sp³-hybridized carbons (Fsp3) is 0.300. The minimum Gasteiger partial charge on any atom is -0.488 e. The van der Waals surface area contributed by atoms with Gasteiger partial charge >= 0.3 is 5.97 Å². The summed E-state index contributed by atoms with van der Waals surface area (Å²) in [6.45, 7) is 3.41. The third-order valence-electron chi connectivity index (χ3n) is 3.94. The van der Waals surface area contributed by atoms with Crippen molar-refractivity contribution in [1.82, 2.24) is 0 Å². The number of rotatable bonds is 8. The Balaban J connectivity index is 1.83. The zero-order chi connectivity index (χ0) is 18.9. The van der Waals surface area contributed by atoms with Gasteiger partial charge in [-0.2, -0.15) is 0 Å². The Hall–Kier alpha value is -2.86. The molecular formula is C20H25N2O4+. The van der Waals surface area contributed by atoms with E-state index in [-0.39, 0.29) is 5.91 Å². The molecule has 2 aromatic rings. The number of carbonyl (C=O) groups excluding carboxylic acids is 2. The molecule has 1 unspecified atom stereocenters. The first-order chi connectivity index (χ1) is 12.5. The van der Waals surface area contributed by atoms with E-state index >= 15 is 0 Å². The molecule has 0 spiro atoms. The Bertz CT molecular complexity index is 747. The van der Waals surface area contributed by atoms with Crippen LogP contribution in [-0.2, 0) is 9.53 Å². The summed E-state index contributed by atoms with van der Waals surface area (Å²) in [7, 11) is 3.27. The summed E-state index contributed by atoms with van der Waals surface area (Å²) in [5.41, 5.74) is 1.91. The van der Waals surface area contributed by atoms with E-state index in [0.29, 0.717) is 30.9 Å². The number of esters is 1. The van der Waals surface area contributed by atoms with Gasteiger partial charge in [-0.3, -0.25) is 4.79 Å². The topological polar surface area (TPSA) is 69.1 Å². The molecule has 138 valence electrons. The van der Waals surface area contributed by atoms with Gasteiger partial charge in [0, 0.05) is 5.69 Å². The van der Waals surface area contributed by atoms with Gasteiger partial charge < -0.3 is 19.7 Å². The molecule has 2 rings (SSSR count). The van der Waals surface area contributed by atoms with Gasteiger partial charge in [-0.25, -0.2) is 4.79 Å². The second kappa shape index (κ2) is 9.58. The fourth-order valence-electron chi connectivity index (χ4n) is 2.42. The number of hydrogen-bond donors (Lipinski definition) is 2. The van der Waals surface area contributed by atoms with E-state index in [9.17, 15) is 9.59 Å². The van der Waals surface area contributed by atoms with E-state index in [1.54, 1.807) is 18.2 Å². The molecule has 2 aromatic carbocycles. The third kappa shape index (κ3) is 5.89. The van der Waals surface area contributed by atoms with Gasteiger partial charge in [-0.05, 0) is 36.8 Å². The van der Waals surface area contributed by atoms with Crippen molar-refractivity contribution in [3.05, 3.63) is 59.7 Å². The maximum Gasteiger partial charge on any atom is 0.337 e. The lowest BCUT2D eigenvalue weighted by Gasteiger charge is -2.15. The monoisotopic (exact) mass is 357 g/mol. The molecule has 2 N–H and O–H groups in total. The highest BCUT2D eigenvalue weighted by atomic mass is 16.5. The molecule has 0 saturated heterocycles. The van der Waals surface area contributed by atoms with Crippen LogP contribution in [-0.4, -0.2) is 45.7 Å². The number of nitrogens with one attached hydrogen (secondary N) is 2. The van der Waals surface area contributed by atoms with Gasteiger partial charge in [-0.1, -0.05) is 24.3 Å². The minimum absolute atomic E-state index is 0.118. The molecule has 0 aliphatic rings. The molecule has 0 aromatic heterocycles. The molecule has 26 heavy (non-hydrogen) atoms. The molecule has 1 amide bonds. The van der Waals surface area contributed by atoms with E-state index in [1.807, 2.05) is 44.3 Å². The van der Waals surface area contributed by atoms with Crippen molar-refractivity contribution in [1.29, 1.82) is 0 Å². The molecule has 0 saturated carbocycles. The van der Waals surface area contributed by atoms with Gasteiger partial charge in [-0.15, -0.1) is 0 Å². The molecule has 1 atom stereocenters. The average molecular weight is 357 g/mol. The van der Waals surface area contributed by atoms with Crippen molar-refractivity contribution in [2.45, 2.75) is 6.92 Å². The highest BCUT2D eigenvalue weighted by molar-refractivity contribution is 5.95. The molecule has 0 aliphatic heterocycles. The summed E-state index contributed by atoms with van der Waals surface area (Å²) in [6, 6.07) is 14.7. The summed E-state index contributed by atoms with van der Waals surface area (Å²) < 4.78 is 10.4. The maximum atomic E-state index is 12.3. The molecule has 6 heteroatoms. The Kier molecular flexibility index (Phi) is 7.17. The molecule has 0 aliphatic carbocycles. The third-order valence-corrected chi connectivity index (χ3v) is 3.94. The van der Waals surface area contributed by atoms with Crippen molar-refractivity contribution < 1.29 is 24.0 Å². The van der Waals surface area contributed by atoms with Gasteiger partial charge in [0.2, 0.25) is 0 Å². The largest absolute Gasteiger partial charge is 0.488 e. The summed E-state index contributed by atoms with van der Waals surface area (Å²) in [4.78, 5) is 24.9. The number of ether oxygens (including phenoxy) is 2. The zero-order valence-electron chi connectivity index (χ0n) is 15.4. The second-order valence-corrected chi connectivity index (χ2v) is 6.11. The lowest BCUT2D eigenvalue weighted by molar-refractivity contribution is -0.871. The van der Waals surface area contributed by atoms with Crippen molar-refractivity contribution in [2.24, 2.45) is 0 Å². The van der Waals surface area contributed by atoms with Gasteiger partial charge in [0.05, 0.1) is 19.7 Å². The standard InChI is InChI=1S/C20H24N2O4/c1-15-9-10-16(20(24)25-3)13-18(15)21-19(23)14-22(2)11-12-26-17-7-5-4-6-8-17/h4-10,13H,11-12,14H2,1-3H3,(H,21,23)/p+1.